The van der Waals surface area contributed by atoms with E-state index in [2.05, 4.69) is 15.5 Å². The second-order valence-corrected chi connectivity index (χ2v) is 6.14. The second-order valence-electron chi connectivity index (χ2n) is 5.19. The highest BCUT2D eigenvalue weighted by Crippen LogP contribution is 2.21. The molecule has 1 N–H and O–H groups in total. The van der Waals surface area contributed by atoms with Crippen LogP contribution in [-0.2, 0) is 17.8 Å². The molecule has 0 saturated carbocycles. The normalized spacial score (nSPS) is 10.7. The Bertz CT molecular complexity index is 781. The van der Waals surface area contributed by atoms with Crippen LogP contribution in [0.1, 0.15) is 23.4 Å². The van der Waals surface area contributed by atoms with Crippen molar-refractivity contribution in [2.75, 3.05) is 0 Å². The predicted octanol–water partition coefficient (Wildman–Crippen LogP) is 3.36. The second kappa shape index (κ2) is 7.19. The number of rotatable bonds is 6. The Hall–Kier alpha value is -2.47. The standard InChI is InChI=1S/C17H17N3O2S/c1-12-5-2-3-6-13(12)11-18-15(21)8-9-16-19-17(20-22-16)14-7-4-10-23-14/h2-7,10H,8-9,11H2,1H3,(H,18,21). The van der Waals surface area contributed by atoms with E-state index in [1.165, 1.54) is 5.56 Å². The fraction of sp³-hybridized carbons (Fsp3) is 0.235. The van der Waals surface area contributed by atoms with Crippen LogP contribution in [0.15, 0.2) is 46.3 Å². The summed E-state index contributed by atoms with van der Waals surface area (Å²) in [5.41, 5.74) is 2.30. The molecular formula is C17H17N3O2S. The van der Waals surface area contributed by atoms with Crippen molar-refractivity contribution in [3.63, 3.8) is 0 Å². The fourth-order valence-electron chi connectivity index (χ4n) is 2.17. The van der Waals surface area contributed by atoms with Gasteiger partial charge in [0.05, 0.1) is 4.88 Å². The van der Waals surface area contributed by atoms with Crippen molar-refractivity contribution in [1.29, 1.82) is 0 Å². The molecule has 0 aliphatic rings. The number of aromatic nitrogens is 2. The molecule has 2 heterocycles. The molecule has 0 radical (unpaired) electrons. The number of benzene rings is 1. The Morgan fingerprint density at radius 3 is 2.91 bits per heavy atom. The molecule has 0 aliphatic heterocycles. The Kier molecular flexibility index (Phi) is 4.83. The van der Waals surface area contributed by atoms with Crippen molar-refractivity contribution in [3.05, 3.63) is 58.8 Å². The average molecular weight is 327 g/mol. The first-order chi connectivity index (χ1) is 11.2. The third kappa shape index (κ3) is 4.04. The van der Waals surface area contributed by atoms with Gasteiger partial charge in [-0.25, -0.2) is 0 Å². The fourth-order valence-corrected chi connectivity index (χ4v) is 2.82. The molecule has 3 aromatic rings. The van der Waals surface area contributed by atoms with E-state index in [0.717, 1.165) is 10.4 Å². The van der Waals surface area contributed by atoms with Gasteiger partial charge in [0, 0.05) is 19.4 Å². The van der Waals surface area contributed by atoms with Gasteiger partial charge >= 0.3 is 0 Å². The van der Waals surface area contributed by atoms with Gasteiger partial charge in [-0.1, -0.05) is 35.5 Å². The van der Waals surface area contributed by atoms with Gasteiger partial charge in [0.2, 0.25) is 17.6 Å². The van der Waals surface area contributed by atoms with Gasteiger partial charge in [0.15, 0.2) is 0 Å². The topological polar surface area (TPSA) is 68.0 Å². The van der Waals surface area contributed by atoms with Gasteiger partial charge in [-0.15, -0.1) is 11.3 Å². The Morgan fingerprint density at radius 2 is 2.13 bits per heavy atom. The van der Waals surface area contributed by atoms with Gasteiger partial charge in [-0.05, 0) is 29.5 Å². The quantitative estimate of drug-likeness (QED) is 0.754. The Labute approximate surface area is 138 Å². The third-order valence-electron chi connectivity index (χ3n) is 3.51. The molecule has 0 atom stereocenters. The SMILES string of the molecule is Cc1ccccc1CNC(=O)CCc1nc(-c2cccs2)no1. The molecule has 1 amide bonds. The molecule has 3 rings (SSSR count). The molecule has 0 unspecified atom stereocenters. The number of thiophene rings is 1. The maximum absolute atomic E-state index is 11.9. The van der Waals surface area contributed by atoms with Crippen molar-refractivity contribution in [1.82, 2.24) is 15.5 Å². The summed E-state index contributed by atoms with van der Waals surface area (Å²) in [6.45, 7) is 2.57. The zero-order chi connectivity index (χ0) is 16.1. The van der Waals surface area contributed by atoms with Crippen LogP contribution < -0.4 is 5.32 Å². The molecule has 0 bridgehead atoms. The highest BCUT2D eigenvalue weighted by molar-refractivity contribution is 7.13. The summed E-state index contributed by atoms with van der Waals surface area (Å²) in [6.07, 6.45) is 0.774. The van der Waals surface area contributed by atoms with Crippen LogP contribution in [0.5, 0.6) is 0 Å². The van der Waals surface area contributed by atoms with Crippen LogP contribution in [0.3, 0.4) is 0 Å². The predicted molar refractivity (Wildman–Crippen MR) is 89.0 cm³/mol. The molecule has 6 heteroatoms. The highest BCUT2D eigenvalue weighted by atomic mass is 32.1. The number of carbonyl (C=O) groups excluding carboxylic acids is 1. The lowest BCUT2D eigenvalue weighted by molar-refractivity contribution is -0.121. The number of amides is 1. The number of carbonyl (C=O) groups is 1. The average Bonchev–Trinajstić information content (AvgIpc) is 3.23. The molecule has 1 aromatic carbocycles. The number of hydrogen-bond acceptors (Lipinski definition) is 5. The van der Waals surface area contributed by atoms with E-state index in [1.807, 2.05) is 48.7 Å². The van der Waals surface area contributed by atoms with Crippen molar-refractivity contribution in [3.8, 4) is 10.7 Å². The number of nitrogens with zero attached hydrogens (tertiary/aromatic N) is 2. The first kappa shape index (κ1) is 15.4. The molecule has 5 nitrogen and oxygen atoms in total. The van der Waals surface area contributed by atoms with Gasteiger partial charge < -0.3 is 9.84 Å². The van der Waals surface area contributed by atoms with Crippen molar-refractivity contribution in [2.24, 2.45) is 0 Å². The smallest absolute Gasteiger partial charge is 0.227 e. The molecule has 0 saturated heterocycles. The number of aryl methyl sites for hydroxylation is 2. The maximum atomic E-state index is 11.9. The molecule has 23 heavy (non-hydrogen) atoms. The number of nitrogens with one attached hydrogen (secondary N) is 1. The van der Waals surface area contributed by atoms with E-state index >= 15 is 0 Å². The van der Waals surface area contributed by atoms with Crippen LogP contribution in [0.4, 0.5) is 0 Å². The molecule has 2 aromatic heterocycles. The molecule has 0 fully saturated rings. The van der Waals surface area contributed by atoms with E-state index in [4.69, 9.17) is 4.52 Å². The minimum atomic E-state index is -0.0240. The lowest BCUT2D eigenvalue weighted by atomic mass is 10.1. The van der Waals surface area contributed by atoms with Gasteiger partial charge in [0.1, 0.15) is 0 Å². The molecule has 0 spiro atoms. The minimum absolute atomic E-state index is 0.0240. The van der Waals surface area contributed by atoms with Crippen LogP contribution >= 0.6 is 11.3 Å². The first-order valence-electron chi connectivity index (χ1n) is 7.40. The van der Waals surface area contributed by atoms with E-state index in [0.29, 0.717) is 31.1 Å². The molecule has 118 valence electrons. The van der Waals surface area contributed by atoms with Crippen molar-refractivity contribution >= 4 is 17.2 Å². The van der Waals surface area contributed by atoms with E-state index in [1.54, 1.807) is 11.3 Å². The lowest BCUT2D eigenvalue weighted by Crippen LogP contribution is -2.23. The van der Waals surface area contributed by atoms with Crippen LogP contribution in [0, 0.1) is 6.92 Å². The molecule has 0 aliphatic carbocycles. The minimum Gasteiger partial charge on any atom is -0.352 e. The maximum Gasteiger partial charge on any atom is 0.227 e. The summed E-state index contributed by atoms with van der Waals surface area (Å²) >= 11 is 1.56. The van der Waals surface area contributed by atoms with E-state index in [9.17, 15) is 4.79 Å². The van der Waals surface area contributed by atoms with Crippen LogP contribution in [0.2, 0.25) is 0 Å². The van der Waals surface area contributed by atoms with E-state index in [-0.39, 0.29) is 5.91 Å². The van der Waals surface area contributed by atoms with Crippen molar-refractivity contribution in [2.45, 2.75) is 26.3 Å². The summed E-state index contributed by atoms with van der Waals surface area (Å²) in [5.74, 6) is 1.04. The Balaban J connectivity index is 1.49. The largest absolute Gasteiger partial charge is 0.352 e. The monoisotopic (exact) mass is 327 g/mol. The van der Waals surface area contributed by atoms with Crippen LogP contribution in [-0.4, -0.2) is 16.0 Å². The lowest BCUT2D eigenvalue weighted by Gasteiger charge is -2.07. The number of hydrogen-bond donors (Lipinski definition) is 1. The van der Waals surface area contributed by atoms with E-state index < -0.39 is 0 Å². The Morgan fingerprint density at radius 1 is 1.26 bits per heavy atom. The summed E-state index contributed by atoms with van der Waals surface area (Å²) in [7, 11) is 0. The zero-order valence-electron chi connectivity index (χ0n) is 12.8. The van der Waals surface area contributed by atoms with Crippen molar-refractivity contribution < 1.29 is 9.32 Å². The highest BCUT2D eigenvalue weighted by Gasteiger charge is 2.11. The van der Waals surface area contributed by atoms with Gasteiger partial charge in [-0.2, -0.15) is 4.98 Å². The summed E-state index contributed by atoms with van der Waals surface area (Å²) in [4.78, 5) is 17.2. The summed E-state index contributed by atoms with van der Waals surface area (Å²) in [5, 5.41) is 8.81. The van der Waals surface area contributed by atoms with Crippen LogP contribution in [0.25, 0.3) is 10.7 Å². The third-order valence-corrected chi connectivity index (χ3v) is 4.38. The van der Waals surface area contributed by atoms with Gasteiger partial charge in [-0.3, -0.25) is 4.79 Å². The zero-order valence-corrected chi connectivity index (χ0v) is 13.6. The first-order valence-corrected chi connectivity index (χ1v) is 8.28. The summed E-state index contributed by atoms with van der Waals surface area (Å²) in [6, 6.07) is 11.9. The molecular weight excluding hydrogens is 310 g/mol. The van der Waals surface area contributed by atoms with Gasteiger partial charge in [0.25, 0.3) is 0 Å². The summed E-state index contributed by atoms with van der Waals surface area (Å²) < 4.78 is 5.19.